The molecule has 0 unspecified atom stereocenters. The molecule has 2 aromatic carbocycles. The lowest BCUT2D eigenvalue weighted by atomic mass is 10.2. The van der Waals surface area contributed by atoms with Crippen LogP contribution < -0.4 is 14.5 Å². The number of anilines is 1. The zero-order chi connectivity index (χ0) is 23.1. The lowest BCUT2D eigenvalue weighted by Crippen LogP contribution is -2.39. The molecule has 0 heterocycles. The number of ether oxygens (including phenoxy) is 1. The van der Waals surface area contributed by atoms with Gasteiger partial charge in [0.2, 0.25) is 10.0 Å². The molecular weight excluding hydrogens is 435 g/mol. The Bertz CT molecular complexity index is 1020. The third-order valence-corrected chi connectivity index (χ3v) is 5.05. The van der Waals surface area contributed by atoms with E-state index in [1.165, 1.54) is 12.3 Å². The van der Waals surface area contributed by atoms with Crippen molar-refractivity contribution in [2.24, 2.45) is 5.10 Å². The highest BCUT2D eigenvalue weighted by Crippen LogP contribution is 2.32. The summed E-state index contributed by atoms with van der Waals surface area (Å²) in [5, 5.41) is 3.75. The molecule has 168 valence electrons. The van der Waals surface area contributed by atoms with E-state index in [2.05, 4.69) is 10.5 Å². The maximum Gasteiger partial charge on any atom is 0.416 e. The molecule has 0 aromatic heterocycles. The highest BCUT2D eigenvalue weighted by Gasteiger charge is 2.31. The first-order valence-corrected chi connectivity index (χ1v) is 11.1. The van der Waals surface area contributed by atoms with Crippen LogP contribution in [0.1, 0.15) is 24.5 Å². The molecule has 0 fully saturated rings. The Hall–Kier alpha value is -3.08. The standard InChI is InChI=1S/C20H22F3N3O4S/c1-3-11-30-18-9-7-15(8-10-18)13-24-25-19(27)14-26(31(2,28)29)17-6-4-5-16(12-17)20(21,22)23/h4-10,12-13H,3,11,14H2,1-2H3,(H,25,27)/b24-13-. The Morgan fingerprint density at radius 3 is 2.45 bits per heavy atom. The number of alkyl halides is 3. The molecule has 0 aliphatic rings. The fourth-order valence-electron chi connectivity index (χ4n) is 2.45. The Morgan fingerprint density at radius 1 is 1.19 bits per heavy atom. The van der Waals surface area contributed by atoms with Gasteiger partial charge in [-0.15, -0.1) is 0 Å². The van der Waals surface area contributed by atoms with Gasteiger partial charge >= 0.3 is 6.18 Å². The summed E-state index contributed by atoms with van der Waals surface area (Å²) in [5.41, 5.74) is 1.52. The van der Waals surface area contributed by atoms with E-state index in [9.17, 15) is 26.4 Å². The van der Waals surface area contributed by atoms with Crippen LogP contribution in [0, 0.1) is 0 Å². The fraction of sp³-hybridized carbons (Fsp3) is 0.300. The first-order chi connectivity index (χ1) is 14.5. The summed E-state index contributed by atoms with van der Waals surface area (Å²) in [6.45, 7) is 1.84. The predicted octanol–water partition coefficient (Wildman–Crippen LogP) is 3.41. The second-order valence-corrected chi connectivity index (χ2v) is 8.44. The molecule has 0 aliphatic carbocycles. The number of hydrogen-bond donors (Lipinski definition) is 1. The molecule has 0 bridgehead atoms. The molecular formula is C20H22F3N3O4S. The maximum atomic E-state index is 12.9. The largest absolute Gasteiger partial charge is 0.494 e. The number of hydrazone groups is 1. The van der Waals surface area contributed by atoms with Gasteiger partial charge in [0.15, 0.2) is 0 Å². The number of sulfonamides is 1. The van der Waals surface area contributed by atoms with Gasteiger partial charge in [0.1, 0.15) is 12.3 Å². The second-order valence-electron chi connectivity index (χ2n) is 6.53. The van der Waals surface area contributed by atoms with Gasteiger partial charge < -0.3 is 4.74 Å². The van der Waals surface area contributed by atoms with Crippen molar-refractivity contribution in [3.05, 3.63) is 59.7 Å². The minimum Gasteiger partial charge on any atom is -0.494 e. The van der Waals surface area contributed by atoms with Crippen molar-refractivity contribution in [2.45, 2.75) is 19.5 Å². The zero-order valence-electron chi connectivity index (χ0n) is 16.9. The normalized spacial score (nSPS) is 12.0. The molecule has 2 rings (SSSR count). The molecule has 1 amide bonds. The number of nitrogens with zero attached hydrogens (tertiary/aromatic N) is 2. The highest BCUT2D eigenvalue weighted by molar-refractivity contribution is 7.92. The van der Waals surface area contributed by atoms with E-state index in [0.717, 1.165) is 24.8 Å². The van der Waals surface area contributed by atoms with E-state index in [0.29, 0.717) is 28.3 Å². The van der Waals surface area contributed by atoms with Crippen LogP contribution in [0.5, 0.6) is 5.75 Å². The van der Waals surface area contributed by atoms with Crippen LogP contribution in [0.4, 0.5) is 18.9 Å². The Kier molecular flexibility index (Phi) is 8.03. The second kappa shape index (κ2) is 10.3. The van der Waals surface area contributed by atoms with Gasteiger partial charge in [0.25, 0.3) is 5.91 Å². The summed E-state index contributed by atoms with van der Waals surface area (Å²) in [7, 11) is -4.03. The summed E-state index contributed by atoms with van der Waals surface area (Å²) in [6, 6.07) is 10.6. The van der Waals surface area contributed by atoms with Crippen LogP contribution >= 0.6 is 0 Å². The third kappa shape index (κ3) is 7.59. The Labute approximate surface area is 178 Å². The number of carbonyl (C=O) groups excluding carboxylic acids is 1. The van der Waals surface area contributed by atoms with Gasteiger partial charge in [-0.25, -0.2) is 13.8 Å². The average Bonchev–Trinajstić information content (AvgIpc) is 2.70. The lowest BCUT2D eigenvalue weighted by molar-refractivity contribution is -0.137. The summed E-state index contributed by atoms with van der Waals surface area (Å²) >= 11 is 0. The van der Waals surface area contributed by atoms with Crippen LogP contribution in [0.2, 0.25) is 0 Å². The van der Waals surface area contributed by atoms with Crippen molar-refractivity contribution >= 4 is 27.8 Å². The molecule has 2 aromatic rings. The lowest BCUT2D eigenvalue weighted by Gasteiger charge is -2.22. The molecule has 0 aliphatic heterocycles. The smallest absolute Gasteiger partial charge is 0.416 e. The van der Waals surface area contributed by atoms with Crippen molar-refractivity contribution in [1.82, 2.24) is 5.43 Å². The van der Waals surface area contributed by atoms with Crippen molar-refractivity contribution in [3.63, 3.8) is 0 Å². The maximum absolute atomic E-state index is 12.9. The van der Waals surface area contributed by atoms with E-state index in [-0.39, 0.29) is 5.69 Å². The van der Waals surface area contributed by atoms with Crippen LogP contribution in [-0.2, 0) is 21.0 Å². The zero-order valence-corrected chi connectivity index (χ0v) is 17.7. The van der Waals surface area contributed by atoms with E-state index >= 15 is 0 Å². The monoisotopic (exact) mass is 457 g/mol. The number of carbonyl (C=O) groups is 1. The highest BCUT2D eigenvalue weighted by atomic mass is 32.2. The fourth-order valence-corrected chi connectivity index (χ4v) is 3.30. The number of nitrogens with one attached hydrogen (secondary N) is 1. The van der Waals surface area contributed by atoms with Crippen molar-refractivity contribution in [3.8, 4) is 5.75 Å². The van der Waals surface area contributed by atoms with E-state index in [4.69, 9.17) is 4.74 Å². The number of rotatable bonds is 9. The van der Waals surface area contributed by atoms with Gasteiger partial charge in [0, 0.05) is 0 Å². The van der Waals surface area contributed by atoms with Crippen LogP contribution in [0.3, 0.4) is 0 Å². The van der Waals surface area contributed by atoms with Crippen molar-refractivity contribution in [2.75, 3.05) is 23.7 Å². The van der Waals surface area contributed by atoms with Crippen LogP contribution in [0.15, 0.2) is 53.6 Å². The first-order valence-electron chi connectivity index (χ1n) is 9.20. The molecule has 11 heteroatoms. The summed E-state index contributed by atoms with van der Waals surface area (Å²) in [5.74, 6) is -0.130. The molecule has 7 nitrogen and oxygen atoms in total. The minimum absolute atomic E-state index is 0.279. The quantitative estimate of drug-likeness (QED) is 0.462. The molecule has 0 atom stereocenters. The molecule has 0 radical (unpaired) electrons. The van der Waals surface area contributed by atoms with Gasteiger partial charge in [-0.2, -0.15) is 18.3 Å². The number of halogens is 3. The van der Waals surface area contributed by atoms with Crippen molar-refractivity contribution in [1.29, 1.82) is 0 Å². The molecule has 0 saturated carbocycles. The Morgan fingerprint density at radius 2 is 1.87 bits per heavy atom. The van der Waals surface area contributed by atoms with Crippen LogP contribution in [0.25, 0.3) is 0 Å². The van der Waals surface area contributed by atoms with E-state index < -0.39 is 34.2 Å². The molecule has 31 heavy (non-hydrogen) atoms. The van der Waals surface area contributed by atoms with Gasteiger partial charge in [-0.05, 0) is 54.4 Å². The number of amides is 1. The third-order valence-electron chi connectivity index (χ3n) is 3.90. The average molecular weight is 457 g/mol. The van der Waals surface area contributed by atoms with Gasteiger partial charge in [0.05, 0.1) is 30.3 Å². The van der Waals surface area contributed by atoms with Crippen molar-refractivity contribution < 1.29 is 31.1 Å². The van der Waals surface area contributed by atoms with Gasteiger partial charge in [-0.1, -0.05) is 13.0 Å². The van der Waals surface area contributed by atoms with Gasteiger partial charge in [-0.3, -0.25) is 9.10 Å². The van der Waals surface area contributed by atoms with E-state index in [1.54, 1.807) is 24.3 Å². The molecule has 0 spiro atoms. The number of hydrogen-bond acceptors (Lipinski definition) is 5. The predicted molar refractivity (Wildman–Crippen MR) is 112 cm³/mol. The first kappa shape index (κ1) is 24.2. The summed E-state index contributed by atoms with van der Waals surface area (Å²) in [4.78, 5) is 12.1. The summed E-state index contributed by atoms with van der Waals surface area (Å²) in [6.07, 6.45) is -1.63. The minimum atomic E-state index is -4.65. The molecule has 0 saturated heterocycles. The molecule has 1 N–H and O–H groups in total. The summed E-state index contributed by atoms with van der Waals surface area (Å²) < 4.78 is 68.9. The number of benzene rings is 2. The SMILES string of the molecule is CCCOc1ccc(/C=N\NC(=O)CN(c2cccc(C(F)(F)F)c2)S(C)(=O)=O)cc1. The Balaban J connectivity index is 2.06. The topological polar surface area (TPSA) is 88.1 Å². The van der Waals surface area contributed by atoms with Crippen LogP contribution in [-0.4, -0.2) is 39.9 Å². The van der Waals surface area contributed by atoms with E-state index in [1.807, 2.05) is 6.92 Å².